The molecule has 3 rings (SSSR count). The molecule has 0 N–H and O–H groups in total. The molecule has 0 unspecified atom stereocenters. The second-order valence-corrected chi connectivity index (χ2v) is 6.37. The first kappa shape index (κ1) is 11.0. The summed E-state index contributed by atoms with van der Waals surface area (Å²) in [6, 6.07) is 5.09. The lowest BCUT2D eigenvalue weighted by atomic mass is 9.90. The minimum absolute atomic E-state index is 0.0219. The van der Waals surface area contributed by atoms with Gasteiger partial charge in [0.2, 0.25) is 0 Å². The third-order valence-corrected chi connectivity index (χ3v) is 4.40. The van der Waals surface area contributed by atoms with E-state index in [1.54, 1.807) is 18.2 Å². The molecule has 5 heteroatoms. The summed E-state index contributed by atoms with van der Waals surface area (Å²) in [7, 11) is 0. The van der Waals surface area contributed by atoms with E-state index in [4.69, 9.17) is 18.3 Å². The predicted octanol–water partition coefficient (Wildman–Crippen LogP) is 3.38. The molecule has 0 atom stereocenters. The Labute approximate surface area is 129 Å². The number of cyclic esters (lactones) is 1. The zero-order chi connectivity index (χ0) is 17.9. The number of benzene rings is 1. The maximum absolute atomic E-state index is 11.8. The SMILES string of the molecule is [2H]C([2H])([2H])N1C(=O)OCc2cc(C3OC(C)(C)C(C)(C)O3)ccc21. The van der Waals surface area contributed by atoms with E-state index >= 15 is 0 Å². The van der Waals surface area contributed by atoms with Crippen LogP contribution in [0.5, 0.6) is 0 Å². The molecule has 0 spiro atoms. The Morgan fingerprint density at radius 2 is 1.90 bits per heavy atom. The quantitative estimate of drug-likeness (QED) is 0.796. The highest BCUT2D eigenvalue weighted by atomic mass is 16.7. The van der Waals surface area contributed by atoms with Crippen molar-refractivity contribution in [3.05, 3.63) is 29.3 Å². The van der Waals surface area contributed by atoms with Crippen LogP contribution < -0.4 is 4.90 Å². The molecule has 1 fully saturated rings. The van der Waals surface area contributed by atoms with Gasteiger partial charge in [0.25, 0.3) is 0 Å². The number of nitrogens with zero attached hydrogens (tertiary/aromatic N) is 1. The van der Waals surface area contributed by atoms with Crippen molar-refractivity contribution < 1.29 is 23.1 Å². The van der Waals surface area contributed by atoms with E-state index in [0.717, 1.165) is 5.56 Å². The van der Waals surface area contributed by atoms with Crippen LogP contribution in [-0.2, 0) is 20.8 Å². The second-order valence-electron chi connectivity index (χ2n) is 6.37. The van der Waals surface area contributed by atoms with Crippen molar-refractivity contribution in [2.75, 3.05) is 11.9 Å². The summed E-state index contributed by atoms with van der Waals surface area (Å²) in [6.45, 7) is 5.27. The highest BCUT2D eigenvalue weighted by molar-refractivity contribution is 5.89. The normalized spacial score (nSPS) is 26.6. The summed E-state index contributed by atoms with van der Waals surface area (Å²) < 4.78 is 39.6. The van der Waals surface area contributed by atoms with Crippen LogP contribution in [0.1, 0.15) is 49.2 Å². The van der Waals surface area contributed by atoms with E-state index in [1.807, 2.05) is 27.7 Å². The number of amides is 1. The van der Waals surface area contributed by atoms with Crippen LogP contribution in [0.25, 0.3) is 0 Å². The Hall–Kier alpha value is -1.59. The minimum atomic E-state index is -2.60. The summed E-state index contributed by atoms with van der Waals surface area (Å²) in [5.41, 5.74) is 0.760. The van der Waals surface area contributed by atoms with Gasteiger partial charge in [0.05, 0.1) is 16.9 Å². The third kappa shape index (κ3) is 2.21. The zero-order valence-corrected chi connectivity index (χ0v) is 12.6. The maximum atomic E-state index is 11.8. The lowest BCUT2D eigenvalue weighted by Gasteiger charge is -2.30. The summed E-state index contributed by atoms with van der Waals surface area (Å²) in [5.74, 6) is 0. The van der Waals surface area contributed by atoms with Gasteiger partial charge in [-0.25, -0.2) is 4.79 Å². The van der Waals surface area contributed by atoms with Gasteiger partial charge in [-0.15, -0.1) is 0 Å². The van der Waals surface area contributed by atoms with Crippen LogP contribution >= 0.6 is 0 Å². The average molecular weight is 294 g/mol. The molecule has 2 heterocycles. The first-order chi connectivity index (χ1) is 10.9. The van der Waals surface area contributed by atoms with Crippen LogP contribution in [0.3, 0.4) is 0 Å². The van der Waals surface area contributed by atoms with Gasteiger partial charge >= 0.3 is 6.09 Å². The predicted molar refractivity (Wildman–Crippen MR) is 78.1 cm³/mol. The van der Waals surface area contributed by atoms with Crippen LogP contribution in [0, 0.1) is 0 Å². The molecular weight excluding hydrogens is 270 g/mol. The molecule has 1 saturated heterocycles. The third-order valence-electron chi connectivity index (χ3n) is 4.40. The molecule has 0 aliphatic carbocycles. The zero-order valence-electron chi connectivity index (χ0n) is 15.6. The van der Waals surface area contributed by atoms with Crippen molar-refractivity contribution in [3.63, 3.8) is 0 Å². The number of fused-ring (bicyclic) bond motifs is 1. The number of carbonyl (C=O) groups excluding carboxylic acids is 1. The number of hydrogen-bond donors (Lipinski definition) is 0. The standard InChI is InChI=1S/C16H21NO4/c1-15(2)16(3,4)21-13(20-15)10-6-7-12-11(8-10)9-19-14(18)17(12)5/h6-8,13H,9H2,1-5H3/i5D3. The molecule has 2 aliphatic heterocycles. The highest BCUT2D eigenvalue weighted by Gasteiger charge is 2.49. The van der Waals surface area contributed by atoms with E-state index in [-0.39, 0.29) is 6.61 Å². The van der Waals surface area contributed by atoms with Crippen molar-refractivity contribution in [1.29, 1.82) is 0 Å². The van der Waals surface area contributed by atoms with E-state index in [0.29, 0.717) is 16.2 Å². The molecule has 114 valence electrons. The number of carbonyl (C=O) groups is 1. The largest absolute Gasteiger partial charge is 0.444 e. The van der Waals surface area contributed by atoms with Gasteiger partial charge in [-0.3, -0.25) is 4.90 Å². The van der Waals surface area contributed by atoms with Crippen molar-refractivity contribution in [1.82, 2.24) is 0 Å². The Kier molecular flexibility index (Phi) is 2.34. The number of anilines is 1. The lowest BCUT2D eigenvalue weighted by molar-refractivity contribution is -0.0896. The van der Waals surface area contributed by atoms with Crippen LogP contribution in [0.15, 0.2) is 18.2 Å². The molecule has 2 aliphatic rings. The molecule has 0 saturated carbocycles. The molecule has 1 aromatic rings. The van der Waals surface area contributed by atoms with Gasteiger partial charge in [-0.05, 0) is 39.8 Å². The molecule has 0 bridgehead atoms. The van der Waals surface area contributed by atoms with E-state index in [1.165, 1.54) is 0 Å². The summed E-state index contributed by atoms with van der Waals surface area (Å²) in [4.78, 5) is 12.5. The van der Waals surface area contributed by atoms with Crippen molar-refractivity contribution in [2.24, 2.45) is 0 Å². The van der Waals surface area contributed by atoms with Gasteiger partial charge in [-0.1, -0.05) is 6.07 Å². The number of ether oxygens (including phenoxy) is 3. The molecule has 21 heavy (non-hydrogen) atoms. The fourth-order valence-electron chi connectivity index (χ4n) is 2.37. The van der Waals surface area contributed by atoms with Gasteiger partial charge in [-0.2, -0.15) is 0 Å². The smallest absolute Gasteiger partial charge is 0.414 e. The van der Waals surface area contributed by atoms with Gasteiger partial charge < -0.3 is 14.2 Å². The second kappa shape index (κ2) is 4.45. The first-order valence-corrected chi connectivity index (χ1v) is 6.88. The molecule has 1 aromatic carbocycles. The molecule has 0 aromatic heterocycles. The Bertz CT molecular complexity index is 668. The summed E-state index contributed by atoms with van der Waals surface area (Å²) >= 11 is 0. The maximum Gasteiger partial charge on any atom is 0.414 e. The summed E-state index contributed by atoms with van der Waals surface area (Å²) in [6.07, 6.45) is -1.43. The topological polar surface area (TPSA) is 48.0 Å². The van der Waals surface area contributed by atoms with E-state index in [9.17, 15) is 4.79 Å². The van der Waals surface area contributed by atoms with Crippen molar-refractivity contribution in [3.8, 4) is 0 Å². The van der Waals surface area contributed by atoms with Crippen molar-refractivity contribution >= 4 is 11.8 Å². The van der Waals surface area contributed by atoms with Crippen molar-refractivity contribution in [2.45, 2.75) is 51.8 Å². The van der Waals surface area contributed by atoms with Gasteiger partial charge in [0.1, 0.15) is 6.61 Å². The van der Waals surface area contributed by atoms with Gasteiger partial charge in [0.15, 0.2) is 6.29 Å². The molecular formula is C16H21NO4. The van der Waals surface area contributed by atoms with Crippen LogP contribution in [0.2, 0.25) is 0 Å². The lowest BCUT2D eigenvalue weighted by Crippen LogP contribution is -2.41. The average Bonchev–Trinajstić information content (AvgIpc) is 2.65. The summed E-state index contributed by atoms with van der Waals surface area (Å²) in [5, 5.41) is 0. The molecule has 5 nitrogen and oxygen atoms in total. The van der Waals surface area contributed by atoms with E-state index in [2.05, 4.69) is 0 Å². The number of hydrogen-bond acceptors (Lipinski definition) is 4. The Balaban J connectivity index is 1.95. The van der Waals surface area contributed by atoms with E-state index < -0.39 is 30.6 Å². The fraction of sp³-hybridized carbons (Fsp3) is 0.562. The van der Waals surface area contributed by atoms with Gasteiger partial charge in [0, 0.05) is 22.2 Å². The van der Waals surface area contributed by atoms with Crippen LogP contribution in [-0.4, -0.2) is 24.3 Å². The molecule has 0 radical (unpaired) electrons. The monoisotopic (exact) mass is 294 g/mol. The minimum Gasteiger partial charge on any atom is -0.444 e. The number of rotatable bonds is 1. The first-order valence-electron chi connectivity index (χ1n) is 8.38. The Morgan fingerprint density at radius 3 is 2.52 bits per heavy atom. The van der Waals surface area contributed by atoms with Crippen LogP contribution in [0.4, 0.5) is 10.5 Å². The Morgan fingerprint density at radius 1 is 1.24 bits per heavy atom. The molecule has 1 amide bonds. The highest BCUT2D eigenvalue weighted by Crippen LogP contribution is 2.45. The fourth-order valence-corrected chi connectivity index (χ4v) is 2.37.